The molecule has 2 aromatic rings. The number of aryl methyl sites for hydroxylation is 1. The van der Waals surface area contributed by atoms with Crippen molar-refractivity contribution in [1.82, 2.24) is 0 Å². The van der Waals surface area contributed by atoms with Gasteiger partial charge in [-0.3, -0.25) is 4.72 Å². The highest BCUT2D eigenvalue weighted by Gasteiger charge is 2.15. The van der Waals surface area contributed by atoms with E-state index in [1.807, 2.05) is 6.92 Å². The van der Waals surface area contributed by atoms with E-state index in [1.165, 1.54) is 6.07 Å². The lowest BCUT2D eigenvalue weighted by atomic mass is 10.2. The van der Waals surface area contributed by atoms with Crippen LogP contribution < -0.4 is 9.46 Å². The van der Waals surface area contributed by atoms with Crippen molar-refractivity contribution in [2.75, 3.05) is 11.3 Å². The maximum atomic E-state index is 12.3. The maximum Gasteiger partial charge on any atom is 0.261 e. The van der Waals surface area contributed by atoms with Gasteiger partial charge in [0, 0.05) is 10.7 Å². The van der Waals surface area contributed by atoms with Crippen LogP contribution in [0.5, 0.6) is 5.75 Å². The van der Waals surface area contributed by atoms with Crippen molar-refractivity contribution < 1.29 is 13.2 Å². The third-order valence-electron chi connectivity index (χ3n) is 2.86. The van der Waals surface area contributed by atoms with Crippen LogP contribution in [0.25, 0.3) is 0 Å². The summed E-state index contributed by atoms with van der Waals surface area (Å²) in [4.78, 5) is 0.179. The zero-order chi connectivity index (χ0) is 15.5. The van der Waals surface area contributed by atoms with E-state index in [0.717, 1.165) is 0 Å². The number of ether oxygens (including phenoxy) is 1. The van der Waals surface area contributed by atoms with Gasteiger partial charge in [0.15, 0.2) is 0 Å². The Kier molecular flexibility index (Phi) is 4.75. The summed E-state index contributed by atoms with van der Waals surface area (Å²) in [6, 6.07) is 11.3. The van der Waals surface area contributed by atoms with Gasteiger partial charge in [-0.1, -0.05) is 11.6 Å². The van der Waals surface area contributed by atoms with Crippen LogP contribution in [0, 0.1) is 6.92 Å². The molecule has 6 heteroatoms. The molecule has 0 amide bonds. The third-order valence-corrected chi connectivity index (χ3v) is 4.66. The molecule has 0 bridgehead atoms. The summed E-state index contributed by atoms with van der Waals surface area (Å²) < 4.78 is 32.4. The molecular formula is C15H16ClNO3S. The second kappa shape index (κ2) is 6.37. The minimum absolute atomic E-state index is 0.179. The van der Waals surface area contributed by atoms with E-state index in [2.05, 4.69) is 4.72 Å². The maximum absolute atomic E-state index is 12.3. The van der Waals surface area contributed by atoms with Crippen LogP contribution in [-0.2, 0) is 10.0 Å². The van der Waals surface area contributed by atoms with Gasteiger partial charge in [0.2, 0.25) is 0 Å². The first-order valence-corrected chi connectivity index (χ1v) is 8.30. The zero-order valence-corrected chi connectivity index (χ0v) is 13.3. The Balaban J connectivity index is 2.22. The first-order valence-electron chi connectivity index (χ1n) is 6.44. The van der Waals surface area contributed by atoms with Gasteiger partial charge in [-0.15, -0.1) is 0 Å². The van der Waals surface area contributed by atoms with Gasteiger partial charge in [-0.25, -0.2) is 8.42 Å². The Bertz CT molecular complexity index is 727. The minimum Gasteiger partial charge on any atom is -0.494 e. The molecule has 0 aliphatic rings. The molecule has 0 fully saturated rings. The van der Waals surface area contributed by atoms with Gasteiger partial charge < -0.3 is 4.74 Å². The molecule has 2 aromatic carbocycles. The second-order valence-corrected chi connectivity index (χ2v) is 6.56. The SMILES string of the molecule is CCOc1ccc(NS(=O)(=O)c2ccc(Cl)c(C)c2)cc1. The molecule has 112 valence electrons. The molecule has 0 spiro atoms. The van der Waals surface area contributed by atoms with Gasteiger partial charge in [-0.2, -0.15) is 0 Å². The van der Waals surface area contributed by atoms with Gasteiger partial charge >= 0.3 is 0 Å². The Labute approximate surface area is 129 Å². The standard InChI is InChI=1S/C15H16ClNO3S/c1-3-20-13-6-4-12(5-7-13)17-21(18,19)14-8-9-15(16)11(2)10-14/h4-10,17H,3H2,1-2H3. The Morgan fingerprint density at radius 3 is 2.38 bits per heavy atom. The summed E-state index contributed by atoms with van der Waals surface area (Å²) in [6.45, 7) is 4.22. The highest BCUT2D eigenvalue weighted by atomic mass is 35.5. The normalized spacial score (nSPS) is 11.2. The summed E-state index contributed by atoms with van der Waals surface area (Å²) in [7, 11) is -3.63. The molecule has 0 saturated carbocycles. The predicted octanol–water partition coefficient (Wildman–Crippen LogP) is 3.85. The van der Waals surface area contributed by atoms with E-state index in [-0.39, 0.29) is 4.90 Å². The highest BCUT2D eigenvalue weighted by molar-refractivity contribution is 7.92. The van der Waals surface area contributed by atoms with E-state index < -0.39 is 10.0 Å². The fourth-order valence-corrected chi connectivity index (χ4v) is 3.05. The highest BCUT2D eigenvalue weighted by Crippen LogP contribution is 2.22. The van der Waals surface area contributed by atoms with Crippen molar-refractivity contribution in [1.29, 1.82) is 0 Å². The third kappa shape index (κ3) is 3.89. The average Bonchev–Trinajstić information content (AvgIpc) is 2.44. The minimum atomic E-state index is -3.63. The number of rotatable bonds is 5. The molecule has 0 aliphatic heterocycles. The number of anilines is 1. The predicted molar refractivity (Wildman–Crippen MR) is 84.6 cm³/mol. The van der Waals surface area contributed by atoms with Gasteiger partial charge in [0.25, 0.3) is 10.0 Å². The lowest BCUT2D eigenvalue weighted by Gasteiger charge is -2.10. The van der Waals surface area contributed by atoms with Crippen molar-refractivity contribution in [3.8, 4) is 5.75 Å². The number of nitrogens with one attached hydrogen (secondary N) is 1. The number of hydrogen-bond donors (Lipinski definition) is 1. The summed E-state index contributed by atoms with van der Waals surface area (Å²) >= 11 is 5.91. The Morgan fingerprint density at radius 1 is 1.14 bits per heavy atom. The number of halogens is 1. The molecule has 4 nitrogen and oxygen atoms in total. The smallest absolute Gasteiger partial charge is 0.261 e. The summed E-state index contributed by atoms with van der Waals surface area (Å²) in [6.07, 6.45) is 0. The van der Waals surface area contributed by atoms with Crippen LogP contribution in [0.4, 0.5) is 5.69 Å². The van der Waals surface area contributed by atoms with Crippen LogP contribution in [0.2, 0.25) is 5.02 Å². The molecule has 1 N–H and O–H groups in total. The summed E-state index contributed by atoms with van der Waals surface area (Å²) in [5.74, 6) is 0.697. The van der Waals surface area contributed by atoms with Crippen LogP contribution in [0.1, 0.15) is 12.5 Å². The van der Waals surface area contributed by atoms with E-state index >= 15 is 0 Å². The van der Waals surface area contributed by atoms with Gasteiger partial charge in [0.05, 0.1) is 11.5 Å². The topological polar surface area (TPSA) is 55.4 Å². The molecule has 0 unspecified atom stereocenters. The van der Waals surface area contributed by atoms with Crippen LogP contribution >= 0.6 is 11.6 Å². The summed E-state index contributed by atoms with van der Waals surface area (Å²) in [5.41, 5.74) is 1.19. The first-order chi connectivity index (χ1) is 9.92. The first kappa shape index (κ1) is 15.7. The lowest BCUT2D eigenvalue weighted by Crippen LogP contribution is -2.13. The van der Waals surface area contributed by atoms with Gasteiger partial charge in [-0.05, 0) is 61.9 Å². The van der Waals surface area contributed by atoms with Crippen molar-refractivity contribution in [3.63, 3.8) is 0 Å². The molecule has 2 rings (SSSR count). The van der Waals surface area contributed by atoms with Gasteiger partial charge in [0.1, 0.15) is 5.75 Å². The van der Waals surface area contributed by atoms with Crippen molar-refractivity contribution >= 4 is 27.3 Å². The largest absolute Gasteiger partial charge is 0.494 e. The van der Waals surface area contributed by atoms with E-state index in [4.69, 9.17) is 16.3 Å². The fourth-order valence-electron chi connectivity index (χ4n) is 1.78. The molecule has 0 radical (unpaired) electrons. The molecule has 21 heavy (non-hydrogen) atoms. The molecule has 0 heterocycles. The summed E-state index contributed by atoms with van der Waals surface area (Å²) in [5, 5.41) is 0.537. The fraction of sp³-hybridized carbons (Fsp3) is 0.200. The monoisotopic (exact) mass is 325 g/mol. The molecule has 0 aromatic heterocycles. The molecule has 0 saturated heterocycles. The quantitative estimate of drug-likeness (QED) is 0.908. The van der Waals surface area contributed by atoms with E-state index in [9.17, 15) is 8.42 Å². The molecule has 0 aliphatic carbocycles. The Morgan fingerprint density at radius 2 is 1.81 bits per heavy atom. The second-order valence-electron chi connectivity index (χ2n) is 4.47. The number of sulfonamides is 1. The lowest BCUT2D eigenvalue weighted by molar-refractivity contribution is 0.340. The van der Waals surface area contributed by atoms with E-state index in [1.54, 1.807) is 43.3 Å². The van der Waals surface area contributed by atoms with Crippen LogP contribution in [0.3, 0.4) is 0 Å². The zero-order valence-electron chi connectivity index (χ0n) is 11.8. The van der Waals surface area contributed by atoms with Crippen molar-refractivity contribution in [2.45, 2.75) is 18.7 Å². The molecule has 0 atom stereocenters. The Hall–Kier alpha value is -1.72. The van der Waals surface area contributed by atoms with Crippen LogP contribution in [-0.4, -0.2) is 15.0 Å². The molecular weight excluding hydrogens is 310 g/mol. The number of hydrogen-bond acceptors (Lipinski definition) is 3. The van der Waals surface area contributed by atoms with E-state index in [0.29, 0.717) is 28.6 Å². The van der Waals surface area contributed by atoms with Crippen molar-refractivity contribution in [3.05, 3.63) is 53.1 Å². The average molecular weight is 326 g/mol. The van der Waals surface area contributed by atoms with Crippen LogP contribution in [0.15, 0.2) is 47.4 Å². The van der Waals surface area contributed by atoms with Crippen molar-refractivity contribution in [2.24, 2.45) is 0 Å². The number of benzene rings is 2.